The molecule has 3 rings (SSSR count). The summed E-state index contributed by atoms with van der Waals surface area (Å²) in [5, 5.41) is 2.79. The molecule has 2 N–H and O–H groups in total. The predicted molar refractivity (Wildman–Crippen MR) is 109 cm³/mol. The van der Waals surface area contributed by atoms with E-state index in [-0.39, 0.29) is 30.1 Å². The molecule has 0 radical (unpaired) electrons. The number of carbonyl (C=O) groups excluding carboxylic acids is 1. The maximum Gasteiger partial charge on any atom is 0.329 e. The van der Waals surface area contributed by atoms with Gasteiger partial charge in [0.15, 0.2) is 0 Å². The normalized spacial score (nSPS) is 11.1. The van der Waals surface area contributed by atoms with Crippen molar-refractivity contribution in [3.05, 3.63) is 68.0 Å². The van der Waals surface area contributed by atoms with E-state index in [1.807, 2.05) is 51.1 Å². The first-order valence-corrected chi connectivity index (χ1v) is 9.56. The highest BCUT2D eigenvalue weighted by molar-refractivity contribution is 5.78. The molecule has 28 heavy (non-hydrogen) atoms. The molecule has 0 aliphatic carbocycles. The molecule has 0 fully saturated rings. The van der Waals surface area contributed by atoms with E-state index >= 15 is 0 Å². The number of hydrogen-bond acceptors (Lipinski definition) is 3. The Morgan fingerprint density at radius 2 is 1.71 bits per heavy atom. The van der Waals surface area contributed by atoms with E-state index in [4.69, 9.17) is 0 Å². The summed E-state index contributed by atoms with van der Waals surface area (Å²) in [7, 11) is 0. The van der Waals surface area contributed by atoms with Crippen LogP contribution in [0.3, 0.4) is 0 Å². The van der Waals surface area contributed by atoms with Crippen molar-refractivity contribution >= 4 is 16.9 Å². The van der Waals surface area contributed by atoms with Gasteiger partial charge in [-0.3, -0.25) is 18.7 Å². The van der Waals surface area contributed by atoms with Crippen LogP contribution in [0.5, 0.6) is 0 Å². The molecule has 0 bridgehead atoms. The third-order valence-electron chi connectivity index (χ3n) is 4.89. The zero-order valence-corrected chi connectivity index (χ0v) is 16.5. The smallest absolute Gasteiger partial charge is 0.329 e. The van der Waals surface area contributed by atoms with Crippen molar-refractivity contribution < 1.29 is 4.79 Å². The molecular formula is C21H26N4O3. The molecule has 0 unspecified atom stereocenters. The second-order valence-electron chi connectivity index (χ2n) is 7.04. The van der Waals surface area contributed by atoms with E-state index in [2.05, 4.69) is 10.3 Å². The number of rotatable bonds is 7. The molecule has 0 spiro atoms. The van der Waals surface area contributed by atoms with Gasteiger partial charge in [0.2, 0.25) is 5.91 Å². The van der Waals surface area contributed by atoms with Crippen LogP contribution in [0, 0.1) is 13.8 Å². The summed E-state index contributed by atoms with van der Waals surface area (Å²) in [6, 6.07) is 9.50. The van der Waals surface area contributed by atoms with Gasteiger partial charge in [-0.25, -0.2) is 4.79 Å². The number of para-hydroxylation sites is 2. The Morgan fingerprint density at radius 3 is 2.32 bits per heavy atom. The zero-order valence-electron chi connectivity index (χ0n) is 16.5. The van der Waals surface area contributed by atoms with E-state index in [9.17, 15) is 14.4 Å². The van der Waals surface area contributed by atoms with Crippen molar-refractivity contribution in [1.82, 2.24) is 19.4 Å². The number of fused-ring (bicyclic) bond motifs is 1. The first-order chi connectivity index (χ1) is 13.4. The molecular weight excluding hydrogens is 356 g/mol. The lowest BCUT2D eigenvalue weighted by atomic mass is 10.1. The summed E-state index contributed by atoms with van der Waals surface area (Å²) in [5.74, 6) is -0.196. The SMILES string of the molecule is CCCn1c(=O)n(CCC(=O)NCc2c(C)cc(C)[nH]c2=O)c2ccccc21. The minimum absolute atomic E-state index is 0.0957. The third kappa shape index (κ3) is 3.93. The number of pyridine rings is 1. The maximum absolute atomic E-state index is 12.7. The molecule has 0 aliphatic rings. The van der Waals surface area contributed by atoms with Gasteiger partial charge in [0.25, 0.3) is 5.56 Å². The van der Waals surface area contributed by atoms with Crippen LogP contribution in [0.4, 0.5) is 0 Å². The molecule has 0 saturated heterocycles. The summed E-state index contributed by atoms with van der Waals surface area (Å²) < 4.78 is 3.40. The average Bonchev–Trinajstić information content (AvgIpc) is 2.91. The van der Waals surface area contributed by atoms with Gasteiger partial charge in [-0.2, -0.15) is 0 Å². The molecule has 2 heterocycles. The van der Waals surface area contributed by atoms with Crippen molar-refractivity contribution in [1.29, 1.82) is 0 Å². The number of nitrogens with one attached hydrogen (secondary N) is 2. The summed E-state index contributed by atoms with van der Waals surface area (Å²) in [5.41, 5.74) is 3.63. The Morgan fingerprint density at radius 1 is 1.07 bits per heavy atom. The number of aromatic amines is 1. The first-order valence-electron chi connectivity index (χ1n) is 9.56. The number of H-pyrrole nitrogens is 1. The monoisotopic (exact) mass is 382 g/mol. The Bertz CT molecular complexity index is 1120. The Balaban J connectivity index is 1.71. The highest BCUT2D eigenvalue weighted by atomic mass is 16.2. The van der Waals surface area contributed by atoms with Crippen molar-refractivity contribution in [3.8, 4) is 0 Å². The summed E-state index contributed by atoms with van der Waals surface area (Å²) in [4.78, 5) is 39.9. The van der Waals surface area contributed by atoms with Crippen LogP contribution < -0.4 is 16.6 Å². The average molecular weight is 382 g/mol. The quantitative estimate of drug-likeness (QED) is 0.657. The number of nitrogens with zero attached hydrogens (tertiary/aromatic N) is 2. The molecule has 7 heteroatoms. The molecule has 0 saturated carbocycles. The van der Waals surface area contributed by atoms with E-state index < -0.39 is 0 Å². The van der Waals surface area contributed by atoms with Crippen molar-refractivity contribution in [2.45, 2.75) is 53.2 Å². The van der Waals surface area contributed by atoms with Gasteiger partial charge >= 0.3 is 5.69 Å². The fourth-order valence-electron chi connectivity index (χ4n) is 3.52. The van der Waals surface area contributed by atoms with E-state index in [1.54, 1.807) is 9.13 Å². The van der Waals surface area contributed by atoms with Crippen molar-refractivity contribution in [2.24, 2.45) is 0 Å². The molecule has 0 atom stereocenters. The molecule has 3 aromatic rings. The van der Waals surface area contributed by atoms with E-state index in [0.717, 1.165) is 28.7 Å². The number of hydrogen-bond donors (Lipinski definition) is 2. The van der Waals surface area contributed by atoms with E-state index in [1.165, 1.54) is 0 Å². The van der Waals surface area contributed by atoms with Gasteiger partial charge in [-0.05, 0) is 44.0 Å². The number of imidazole rings is 1. The van der Waals surface area contributed by atoms with Crippen LogP contribution in [0.15, 0.2) is 39.9 Å². The van der Waals surface area contributed by atoms with Crippen LogP contribution in [-0.4, -0.2) is 20.0 Å². The number of aryl methyl sites for hydroxylation is 4. The van der Waals surface area contributed by atoms with Crippen LogP contribution in [0.1, 0.15) is 36.6 Å². The number of carbonyl (C=O) groups is 1. The largest absolute Gasteiger partial charge is 0.352 e. The fraction of sp³-hybridized carbons (Fsp3) is 0.381. The maximum atomic E-state index is 12.7. The van der Waals surface area contributed by atoms with Gasteiger partial charge in [-0.1, -0.05) is 19.1 Å². The Labute approximate surface area is 163 Å². The minimum Gasteiger partial charge on any atom is -0.352 e. The molecule has 7 nitrogen and oxygen atoms in total. The van der Waals surface area contributed by atoms with Gasteiger partial charge < -0.3 is 10.3 Å². The van der Waals surface area contributed by atoms with Crippen molar-refractivity contribution in [2.75, 3.05) is 0 Å². The topological polar surface area (TPSA) is 88.9 Å². The molecule has 0 aliphatic heterocycles. The summed E-state index contributed by atoms with van der Waals surface area (Å²) in [6.07, 6.45) is 1.03. The standard InChI is InChI=1S/C21H26N4O3/c1-4-10-24-17-7-5-6-8-18(17)25(21(24)28)11-9-19(26)22-13-16-14(2)12-15(3)23-20(16)27/h5-8,12H,4,9-11,13H2,1-3H3,(H,22,26)(H,23,27). The van der Waals surface area contributed by atoms with Gasteiger partial charge in [0.1, 0.15) is 0 Å². The zero-order chi connectivity index (χ0) is 20.3. The highest BCUT2D eigenvalue weighted by Crippen LogP contribution is 2.13. The Hall–Kier alpha value is -3.09. The summed E-state index contributed by atoms with van der Waals surface area (Å²) >= 11 is 0. The lowest BCUT2D eigenvalue weighted by molar-refractivity contribution is -0.121. The number of amides is 1. The second-order valence-corrected chi connectivity index (χ2v) is 7.04. The fourth-order valence-corrected chi connectivity index (χ4v) is 3.52. The number of benzene rings is 1. The van der Waals surface area contributed by atoms with Gasteiger partial charge in [0, 0.05) is 37.3 Å². The van der Waals surface area contributed by atoms with E-state index in [0.29, 0.717) is 18.7 Å². The van der Waals surface area contributed by atoms with Crippen LogP contribution in [-0.2, 0) is 24.4 Å². The Kier molecular flexibility index (Phi) is 5.82. The van der Waals surface area contributed by atoms with Gasteiger partial charge in [0.05, 0.1) is 11.0 Å². The minimum atomic E-state index is -0.196. The first kappa shape index (κ1) is 19.7. The van der Waals surface area contributed by atoms with Crippen LogP contribution >= 0.6 is 0 Å². The molecule has 1 amide bonds. The van der Waals surface area contributed by atoms with Gasteiger partial charge in [-0.15, -0.1) is 0 Å². The lowest BCUT2D eigenvalue weighted by Crippen LogP contribution is -2.30. The highest BCUT2D eigenvalue weighted by Gasteiger charge is 2.14. The van der Waals surface area contributed by atoms with Crippen LogP contribution in [0.25, 0.3) is 11.0 Å². The van der Waals surface area contributed by atoms with Crippen molar-refractivity contribution in [3.63, 3.8) is 0 Å². The summed E-state index contributed by atoms with van der Waals surface area (Å²) in [6.45, 7) is 6.82. The predicted octanol–water partition coefficient (Wildman–Crippen LogP) is 2.22. The second kappa shape index (κ2) is 8.29. The third-order valence-corrected chi connectivity index (χ3v) is 4.89. The number of aromatic nitrogens is 3. The molecule has 1 aromatic carbocycles. The lowest BCUT2D eigenvalue weighted by Gasteiger charge is -2.08. The molecule has 2 aromatic heterocycles. The molecule has 148 valence electrons. The van der Waals surface area contributed by atoms with Crippen LogP contribution in [0.2, 0.25) is 0 Å².